The molecule has 4 heteroatoms. The lowest BCUT2D eigenvalue weighted by molar-refractivity contribution is -0.143. The Bertz CT molecular complexity index is 770. The normalized spacial score (nSPS) is 13.3. The molecule has 31 heavy (non-hydrogen) atoms. The number of hydrogen-bond acceptors (Lipinski definition) is 3. The zero-order chi connectivity index (χ0) is 22.7. The summed E-state index contributed by atoms with van der Waals surface area (Å²) in [5, 5.41) is 2.52. The highest BCUT2D eigenvalue weighted by Gasteiger charge is 2.51. The van der Waals surface area contributed by atoms with Gasteiger partial charge in [0.15, 0.2) is 0 Å². The average molecular weight is 439 g/mol. The monoisotopic (exact) mass is 438 g/mol. The van der Waals surface area contributed by atoms with Gasteiger partial charge in [-0.15, -0.1) is 0 Å². The van der Waals surface area contributed by atoms with E-state index in [0.29, 0.717) is 19.4 Å². The number of esters is 1. The average Bonchev–Trinajstić information content (AvgIpc) is 2.75. The van der Waals surface area contributed by atoms with E-state index in [-0.39, 0.29) is 17.1 Å². The van der Waals surface area contributed by atoms with Gasteiger partial charge in [-0.2, -0.15) is 0 Å². The Morgan fingerprint density at radius 1 is 0.968 bits per heavy atom. The van der Waals surface area contributed by atoms with Gasteiger partial charge in [-0.05, 0) is 35.2 Å². The maximum Gasteiger partial charge on any atom is 0.306 e. The predicted octanol–water partition coefficient (Wildman–Crippen LogP) is 5.63. The summed E-state index contributed by atoms with van der Waals surface area (Å²) in [6.07, 6.45) is 7.28. The van der Waals surface area contributed by atoms with Crippen molar-refractivity contribution in [2.45, 2.75) is 71.4 Å². The first kappa shape index (κ1) is 25.1. The van der Waals surface area contributed by atoms with Crippen LogP contribution in [0.25, 0.3) is 0 Å². The van der Waals surface area contributed by atoms with E-state index in [1.54, 1.807) is 0 Å². The van der Waals surface area contributed by atoms with Crippen LogP contribution < -0.4 is 10.4 Å². The SMILES string of the molecule is CCC[C@H](/C=C\CCC(=O)OCC)O[Si](c1ccccc1)(c1ccccc1)C(C)(C)C. The number of carbonyl (C=O) groups is 1. The number of carbonyl (C=O) groups excluding carboxylic acids is 1. The summed E-state index contributed by atoms with van der Waals surface area (Å²) in [5.74, 6) is -0.146. The molecule has 0 unspecified atom stereocenters. The molecule has 0 amide bonds. The molecule has 0 heterocycles. The van der Waals surface area contributed by atoms with E-state index in [4.69, 9.17) is 9.16 Å². The molecule has 0 spiro atoms. The van der Waals surface area contributed by atoms with Crippen LogP contribution in [0.4, 0.5) is 0 Å². The zero-order valence-corrected chi connectivity index (χ0v) is 20.8. The van der Waals surface area contributed by atoms with Crippen molar-refractivity contribution in [3.63, 3.8) is 0 Å². The van der Waals surface area contributed by atoms with Crippen molar-refractivity contribution in [3.05, 3.63) is 72.8 Å². The Hall–Kier alpha value is -2.17. The number of allylic oxidation sites excluding steroid dienone is 1. The van der Waals surface area contributed by atoms with Crippen molar-refractivity contribution >= 4 is 24.7 Å². The topological polar surface area (TPSA) is 35.5 Å². The summed E-state index contributed by atoms with van der Waals surface area (Å²) in [7, 11) is -2.59. The van der Waals surface area contributed by atoms with Crippen LogP contribution in [0.2, 0.25) is 5.04 Å². The summed E-state index contributed by atoms with van der Waals surface area (Å²) in [5.41, 5.74) is 0. The Balaban J connectivity index is 2.41. The smallest absolute Gasteiger partial charge is 0.306 e. The molecule has 2 rings (SSSR count). The third kappa shape index (κ3) is 6.65. The summed E-state index contributed by atoms with van der Waals surface area (Å²) in [6.45, 7) is 11.3. The largest absolute Gasteiger partial charge is 0.466 e. The van der Waals surface area contributed by atoms with Crippen LogP contribution in [0.3, 0.4) is 0 Å². The molecular formula is C27H38O3Si. The van der Waals surface area contributed by atoms with E-state index in [1.165, 1.54) is 10.4 Å². The van der Waals surface area contributed by atoms with Crippen LogP contribution in [-0.4, -0.2) is 27.0 Å². The summed E-state index contributed by atoms with van der Waals surface area (Å²) >= 11 is 0. The molecule has 0 aliphatic rings. The highest BCUT2D eigenvalue weighted by molar-refractivity contribution is 6.99. The lowest BCUT2D eigenvalue weighted by atomic mass is 10.2. The Morgan fingerprint density at radius 2 is 1.52 bits per heavy atom. The predicted molar refractivity (Wildman–Crippen MR) is 132 cm³/mol. The second-order valence-electron chi connectivity index (χ2n) is 8.88. The van der Waals surface area contributed by atoms with Gasteiger partial charge in [-0.25, -0.2) is 0 Å². The second kappa shape index (κ2) is 12.0. The quantitative estimate of drug-likeness (QED) is 0.259. The van der Waals surface area contributed by atoms with E-state index in [2.05, 4.69) is 101 Å². The minimum Gasteiger partial charge on any atom is -0.466 e. The number of hydrogen-bond donors (Lipinski definition) is 0. The van der Waals surface area contributed by atoms with Crippen molar-refractivity contribution in [2.75, 3.05) is 6.61 Å². The van der Waals surface area contributed by atoms with E-state index >= 15 is 0 Å². The van der Waals surface area contributed by atoms with Crippen molar-refractivity contribution in [1.82, 2.24) is 0 Å². The number of rotatable bonds is 11. The lowest BCUT2D eigenvalue weighted by Gasteiger charge is -2.44. The van der Waals surface area contributed by atoms with Crippen LogP contribution in [0.5, 0.6) is 0 Å². The fourth-order valence-electron chi connectivity index (χ4n) is 4.08. The van der Waals surface area contributed by atoms with Crippen LogP contribution in [0.1, 0.15) is 60.3 Å². The van der Waals surface area contributed by atoms with Crippen LogP contribution in [-0.2, 0) is 14.0 Å². The molecule has 0 bridgehead atoms. The van der Waals surface area contributed by atoms with Gasteiger partial charge < -0.3 is 9.16 Å². The van der Waals surface area contributed by atoms with Gasteiger partial charge in [-0.1, -0.05) is 107 Å². The third-order valence-corrected chi connectivity index (χ3v) is 10.6. The van der Waals surface area contributed by atoms with Crippen molar-refractivity contribution < 1.29 is 14.0 Å². The first-order chi connectivity index (χ1) is 14.8. The third-order valence-electron chi connectivity index (χ3n) is 5.49. The molecule has 0 saturated heterocycles. The molecule has 0 aromatic heterocycles. The van der Waals surface area contributed by atoms with Gasteiger partial charge in [0.2, 0.25) is 0 Å². The second-order valence-corrected chi connectivity index (χ2v) is 13.1. The van der Waals surface area contributed by atoms with Crippen LogP contribution in [0.15, 0.2) is 72.8 Å². The van der Waals surface area contributed by atoms with Gasteiger partial charge in [0.1, 0.15) is 0 Å². The summed E-state index contributed by atoms with van der Waals surface area (Å²) < 4.78 is 12.2. The Labute approximate surface area is 189 Å². The standard InChI is InChI=1S/C27H38O3Si/c1-6-16-23(17-14-15-22-26(28)29-7-2)30-31(27(3,4)5,24-18-10-8-11-19-24)25-20-12-9-13-21-25/h8-14,17-21,23H,6-7,15-16,22H2,1-5H3/b17-14-/t23-/m1/s1. The number of ether oxygens (including phenoxy) is 1. The lowest BCUT2D eigenvalue weighted by Crippen LogP contribution is -2.67. The zero-order valence-electron chi connectivity index (χ0n) is 19.8. The molecule has 0 aliphatic heterocycles. The molecule has 2 aromatic rings. The molecule has 0 fully saturated rings. The highest BCUT2D eigenvalue weighted by Crippen LogP contribution is 2.38. The molecule has 0 radical (unpaired) electrons. The molecule has 3 nitrogen and oxygen atoms in total. The maximum atomic E-state index is 11.7. The minimum absolute atomic E-state index is 0.00139. The van der Waals surface area contributed by atoms with Gasteiger partial charge in [0, 0.05) is 6.42 Å². The van der Waals surface area contributed by atoms with Crippen molar-refractivity contribution in [3.8, 4) is 0 Å². The summed E-state index contributed by atoms with van der Waals surface area (Å²) in [4.78, 5) is 11.7. The number of benzene rings is 2. The van der Waals surface area contributed by atoms with Gasteiger partial charge in [-0.3, -0.25) is 4.79 Å². The molecule has 2 aromatic carbocycles. The molecule has 0 aliphatic carbocycles. The van der Waals surface area contributed by atoms with Crippen molar-refractivity contribution in [2.24, 2.45) is 0 Å². The minimum atomic E-state index is -2.59. The fraction of sp³-hybridized carbons (Fsp3) is 0.444. The van der Waals surface area contributed by atoms with E-state index in [9.17, 15) is 4.79 Å². The molecule has 168 valence electrons. The van der Waals surface area contributed by atoms with Crippen LogP contribution >= 0.6 is 0 Å². The van der Waals surface area contributed by atoms with E-state index in [0.717, 1.165) is 12.8 Å². The Morgan fingerprint density at radius 3 is 1.97 bits per heavy atom. The highest BCUT2D eigenvalue weighted by atomic mass is 28.4. The molecular weight excluding hydrogens is 400 g/mol. The van der Waals surface area contributed by atoms with Gasteiger partial charge >= 0.3 is 5.97 Å². The van der Waals surface area contributed by atoms with Gasteiger partial charge in [0.25, 0.3) is 8.32 Å². The first-order valence-electron chi connectivity index (χ1n) is 11.5. The molecule has 1 atom stereocenters. The first-order valence-corrected chi connectivity index (χ1v) is 13.4. The van der Waals surface area contributed by atoms with Gasteiger partial charge in [0.05, 0.1) is 12.7 Å². The van der Waals surface area contributed by atoms with Crippen LogP contribution in [0, 0.1) is 0 Å². The molecule has 0 N–H and O–H groups in total. The molecule has 0 saturated carbocycles. The fourth-order valence-corrected chi connectivity index (χ4v) is 8.75. The van der Waals surface area contributed by atoms with E-state index in [1.807, 2.05) is 6.92 Å². The maximum absolute atomic E-state index is 11.7. The summed E-state index contributed by atoms with van der Waals surface area (Å²) in [6, 6.07) is 21.5. The Kier molecular flexibility index (Phi) is 9.72. The van der Waals surface area contributed by atoms with E-state index < -0.39 is 8.32 Å². The van der Waals surface area contributed by atoms with Crippen molar-refractivity contribution in [1.29, 1.82) is 0 Å².